The molecular weight excluding hydrogens is 128 g/mol. The molecule has 0 radical (unpaired) electrons. The topological polar surface area (TPSA) is 56.0 Å². The molecule has 2 N–H and O–H groups in total. The van der Waals surface area contributed by atoms with Gasteiger partial charge in [-0.15, -0.1) is 0 Å². The third-order valence-electron chi connectivity index (χ3n) is 1.08. The quantitative estimate of drug-likeness (QED) is 0.627. The van der Waals surface area contributed by atoms with Crippen LogP contribution in [0.3, 0.4) is 0 Å². The molecule has 3 nitrogen and oxygen atoms in total. The fraction of sp³-hybridized carbons (Fsp3) is 0.143. The first-order valence-corrected chi connectivity index (χ1v) is 2.97. The zero-order valence-electron chi connectivity index (χ0n) is 5.45. The summed E-state index contributed by atoms with van der Waals surface area (Å²) >= 11 is 0. The van der Waals surface area contributed by atoms with Crippen molar-refractivity contribution >= 4 is 5.91 Å². The molecule has 52 valence electrons. The average Bonchev–Trinajstić information content (AvgIpc) is 1.88. The van der Waals surface area contributed by atoms with Gasteiger partial charge in [-0.1, -0.05) is 6.07 Å². The number of primary amides is 1. The van der Waals surface area contributed by atoms with E-state index in [9.17, 15) is 4.79 Å². The van der Waals surface area contributed by atoms with Crippen molar-refractivity contribution in [1.82, 2.24) is 4.98 Å². The molecule has 1 rings (SSSR count). The van der Waals surface area contributed by atoms with Crippen LogP contribution in [0.25, 0.3) is 0 Å². The summed E-state index contributed by atoms with van der Waals surface area (Å²) in [5.41, 5.74) is 5.66. The zero-order chi connectivity index (χ0) is 7.40. The second-order valence-electron chi connectivity index (χ2n) is 1.96. The highest BCUT2D eigenvalue weighted by Gasteiger charge is 1.95. The summed E-state index contributed by atoms with van der Waals surface area (Å²) in [6.07, 6.45) is 1.86. The van der Waals surface area contributed by atoms with Gasteiger partial charge >= 0.3 is 0 Å². The highest BCUT2D eigenvalue weighted by Crippen LogP contribution is 1.92. The van der Waals surface area contributed by atoms with Gasteiger partial charge in [0.05, 0.1) is 6.42 Å². The van der Waals surface area contributed by atoms with Crippen LogP contribution < -0.4 is 5.73 Å². The van der Waals surface area contributed by atoms with Crippen LogP contribution in [0.15, 0.2) is 24.4 Å². The van der Waals surface area contributed by atoms with Crippen LogP contribution in [0.4, 0.5) is 0 Å². The number of nitrogens with zero attached hydrogens (tertiary/aromatic N) is 1. The standard InChI is InChI=1S/C7H8N2O/c8-7(10)5-6-3-1-2-4-9-6/h1-4H,5H2,(H2,8,10). The molecule has 1 aromatic heterocycles. The maximum absolute atomic E-state index is 10.4. The van der Waals surface area contributed by atoms with Gasteiger partial charge in [0, 0.05) is 11.9 Å². The van der Waals surface area contributed by atoms with Crippen molar-refractivity contribution in [2.75, 3.05) is 0 Å². The number of rotatable bonds is 2. The van der Waals surface area contributed by atoms with E-state index < -0.39 is 0 Å². The number of carbonyl (C=O) groups excluding carboxylic acids is 1. The monoisotopic (exact) mass is 136 g/mol. The predicted molar refractivity (Wildman–Crippen MR) is 37.1 cm³/mol. The Hall–Kier alpha value is -1.38. The smallest absolute Gasteiger partial charge is 0.223 e. The molecule has 0 spiro atoms. The summed E-state index contributed by atoms with van der Waals surface area (Å²) in [4.78, 5) is 14.3. The van der Waals surface area contributed by atoms with Crippen molar-refractivity contribution in [3.63, 3.8) is 0 Å². The Kier molecular flexibility index (Phi) is 1.99. The molecular formula is C7H8N2O. The molecule has 0 aliphatic heterocycles. The third-order valence-corrected chi connectivity index (χ3v) is 1.08. The largest absolute Gasteiger partial charge is 0.369 e. The van der Waals surface area contributed by atoms with Gasteiger partial charge in [0.1, 0.15) is 0 Å². The SMILES string of the molecule is NC(=O)Cc1ccccn1. The molecule has 0 saturated heterocycles. The van der Waals surface area contributed by atoms with Gasteiger partial charge in [-0.25, -0.2) is 0 Å². The van der Waals surface area contributed by atoms with E-state index >= 15 is 0 Å². The molecule has 1 heterocycles. The Morgan fingerprint density at radius 3 is 2.90 bits per heavy atom. The van der Waals surface area contributed by atoms with E-state index in [1.165, 1.54) is 0 Å². The molecule has 1 aromatic rings. The molecule has 0 unspecified atom stereocenters. The van der Waals surface area contributed by atoms with E-state index in [0.717, 1.165) is 5.69 Å². The Labute approximate surface area is 58.9 Å². The summed E-state index contributed by atoms with van der Waals surface area (Å²) in [5.74, 6) is -0.348. The fourth-order valence-electron chi connectivity index (χ4n) is 0.681. The Morgan fingerprint density at radius 1 is 1.60 bits per heavy atom. The van der Waals surface area contributed by atoms with Gasteiger partial charge in [0.2, 0.25) is 5.91 Å². The van der Waals surface area contributed by atoms with Crippen molar-refractivity contribution < 1.29 is 4.79 Å². The number of aromatic nitrogens is 1. The van der Waals surface area contributed by atoms with E-state index in [0.29, 0.717) is 0 Å². The minimum absolute atomic E-state index is 0.223. The lowest BCUT2D eigenvalue weighted by atomic mass is 10.3. The number of pyridine rings is 1. The van der Waals surface area contributed by atoms with E-state index in [1.807, 2.05) is 6.07 Å². The van der Waals surface area contributed by atoms with Gasteiger partial charge in [-0.3, -0.25) is 9.78 Å². The van der Waals surface area contributed by atoms with Gasteiger partial charge < -0.3 is 5.73 Å². The molecule has 0 aliphatic carbocycles. The summed E-state index contributed by atoms with van der Waals surface area (Å²) in [7, 11) is 0. The molecule has 0 aliphatic rings. The number of hydrogen-bond donors (Lipinski definition) is 1. The van der Waals surface area contributed by atoms with Gasteiger partial charge in [-0.2, -0.15) is 0 Å². The maximum atomic E-state index is 10.4. The molecule has 0 aromatic carbocycles. The minimum Gasteiger partial charge on any atom is -0.369 e. The van der Waals surface area contributed by atoms with Crippen molar-refractivity contribution in [2.45, 2.75) is 6.42 Å². The summed E-state index contributed by atoms with van der Waals surface area (Å²) in [6, 6.07) is 5.39. The highest BCUT2D eigenvalue weighted by atomic mass is 16.1. The second kappa shape index (κ2) is 2.96. The van der Waals surface area contributed by atoms with Crippen LogP contribution in [0.1, 0.15) is 5.69 Å². The van der Waals surface area contributed by atoms with Crippen LogP contribution in [0.2, 0.25) is 0 Å². The number of carbonyl (C=O) groups is 1. The molecule has 0 atom stereocenters. The van der Waals surface area contributed by atoms with Gasteiger partial charge in [0.15, 0.2) is 0 Å². The van der Waals surface area contributed by atoms with Crippen molar-refractivity contribution in [3.05, 3.63) is 30.1 Å². The lowest BCUT2D eigenvalue weighted by Crippen LogP contribution is -2.14. The van der Waals surface area contributed by atoms with E-state index in [1.54, 1.807) is 18.3 Å². The van der Waals surface area contributed by atoms with Crippen LogP contribution >= 0.6 is 0 Å². The Morgan fingerprint density at radius 2 is 2.40 bits per heavy atom. The van der Waals surface area contributed by atoms with Crippen LogP contribution in [0, 0.1) is 0 Å². The first kappa shape index (κ1) is 6.74. The molecule has 0 saturated carbocycles. The minimum atomic E-state index is -0.348. The normalized spacial score (nSPS) is 9.20. The zero-order valence-corrected chi connectivity index (χ0v) is 5.45. The van der Waals surface area contributed by atoms with E-state index in [4.69, 9.17) is 5.73 Å². The summed E-state index contributed by atoms with van der Waals surface area (Å²) in [6.45, 7) is 0. The number of amides is 1. The first-order chi connectivity index (χ1) is 4.79. The second-order valence-corrected chi connectivity index (χ2v) is 1.96. The third kappa shape index (κ3) is 1.85. The molecule has 0 bridgehead atoms. The Balaban J connectivity index is 2.67. The van der Waals surface area contributed by atoms with E-state index in [-0.39, 0.29) is 12.3 Å². The molecule has 3 heteroatoms. The predicted octanol–water partition coefficient (Wildman–Crippen LogP) is 0.109. The average molecular weight is 136 g/mol. The number of nitrogens with two attached hydrogens (primary N) is 1. The fourth-order valence-corrected chi connectivity index (χ4v) is 0.681. The van der Waals surface area contributed by atoms with Crippen LogP contribution in [0.5, 0.6) is 0 Å². The lowest BCUT2D eigenvalue weighted by molar-refractivity contribution is -0.117. The first-order valence-electron chi connectivity index (χ1n) is 2.97. The molecule has 1 amide bonds. The van der Waals surface area contributed by atoms with E-state index in [2.05, 4.69) is 4.98 Å². The van der Waals surface area contributed by atoms with Gasteiger partial charge in [0.25, 0.3) is 0 Å². The highest BCUT2D eigenvalue weighted by molar-refractivity contribution is 5.75. The summed E-state index contributed by atoms with van der Waals surface area (Å²) < 4.78 is 0. The van der Waals surface area contributed by atoms with Crippen molar-refractivity contribution in [3.8, 4) is 0 Å². The maximum Gasteiger partial charge on any atom is 0.223 e. The van der Waals surface area contributed by atoms with Crippen molar-refractivity contribution in [1.29, 1.82) is 0 Å². The molecule has 0 fully saturated rings. The Bertz CT molecular complexity index is 220. The van der Waals surface area contributed by atoms with Gasteiger partial charge in [-0.05, 0) is 12.1 Å². The van der Waals surface area contributed by atoms with Crippen molar-refractivity contribution in [2.24, 2.45) is 5.73 Å². The molecule has 10 heavy (non-hydrogen) atoms. The number of hydrogen-bond acceptors (Lipinski definition) is 2. The van der Waals surface area contributed by atoms with Crippen LogP contribution in [-0.4, -0.2) is 10.9 Å². The lowest BCUT2D eigenvalue weighted by Gasteiger charge is -1.92. The van der Waals surface area contributed by atoms with Crippen LogP contribution in [-0.2, 0) is 11.2 Å². The summed E-state index contributed by atoms with van der Waals surface area (Å²) in [5, 5.41) is 0.